The minimum atomic E-state index is -3.98. The van der Waals surface area contributed by atoms with Crippen LogP contribution in [0.4, 0.5) is 14.5 Å². The third-order valence-electron chi connectivity index (χ3n) is 3.33. The molecule has 0 fully saturated rings. The van der Waals surface area contributed by atoms with Gasteiger partial charge in [0.25, 0.3) is 10.0 Å². The van der Waals surface area contributed by atoms with Gasteiger partial charge in [0.2, 0.25) is 0 Å². The van der Waals surface area contributed by atoms with Crippen molar-refractivity contribution in [2.75, 3.05) is 4.72 Å². The van der Waals surface area contributed by atoms with Gasteiger partial charge in [0, 0.05) is 18.5 Å². The molecule has 1 N–H and O–H groups in total. The Bertz CT molecular complexity index is 960. The van der Waals surface area contributed by atoms with Crippen LogP contribution in [0.5, 0.6) is 0 Å². The molecule has 0 aliphatic rings. The van der Waals surface area contributed by atoms with Crippen LogP contribution in [-0.2, 0) is 10.0 Å². The summed E-state index contributed by atoms with van der Waals surface area (Å²) in [4.78, 5) is 3.97. The fraction of sp³-hybridized carbons (Fsp3) is 0. The van der Waals surface area contributed by atoms with E-state index in [0.717, 1.165) is 23.3 Å². The zero-order chi connectivity index (χ0) is 17.2. The lowest BCUT2D eigenvalue weighted by atomic mass is 10.1. The molecule has 2 aromatic carbocycles. The van der Waals surface area contributed by atoms with Crippen LogP contribution >= 0.6 is 0 Å². The summed E-state index contributed by atoms with van der Waals surface area (Å²) in [7, 11) is -3.98. The van der Waals surface area contributed by atoms with Crippen molar-refractivity contribution in [2.45, 2.75) is 4.90 Å². The molecule has 0 saturated heterocycles. The maximum absolute atomic E-state index is 13.6. The van der Waals surface area contributed by atoms with E-state index in [1.54, 1.807) is 30.6 Å². The first kappa shape index (κ1) is 16.1. The molecule has 0 saturated carbocycles. The van der Waals surface area contributed by atoms with Crippen LogP contribution in [0, 0.1) is 11.6 Å². The van der Waals surface area contributed by atoms with E-state index in [4.69, 9.17) is 0 Å². The summed E-state index contributed by atoms with van der Waals surface area (Å²) < 4.78 is 53.2. The second-order valence-corrected chi connectivity index (χ2v) is 6.68. The molecule has 0 unspecified atom stereocenters. The van der Waals surface area contributed by atoms with Crippen molar-refractivity contribution in [1.82, 2.24) is 4.98 Å². The second-order valence-electron chi connectivity index (χ2n) is 5.00. The molecular weight excluding hydrogens is 334 g/mol. The number of benzene rings is 2. The van der Waals surface area contributed by atoms with Crippen molar-refractivity contribution in [3.63, 3.8) is 0 Å². The van der Waals surface area contributed by atoms with Gasteiger partial charge in [-0.25, -0.2) is 17.2 Å². The number of nitrogens with one attached hydrogen (secondary N) is 1. The quantitative estimate of drug-likeness (QED) is 0.781. The number of halogens is 2. The highest BCUT2D eigenvalue weighted by atomic mass is 32.2. The highest BCUT2D eigenvalue weighted by Gasteiger charge is 2.16. The normalized spacial score (nSPS) is 11.2. The minimum Gasteiger partial charge on any atom is -0.277 e. The average molecular weight is 346 g/mol. The Labute approximate surface area is 137 Å². The largest absolute Gasteiger partial charge is 0.277 e. The Balaban J connectivity index is 1.87. The van der Waals surface area contributed by atoms with Crippen LogP contribution in [-0.4, -0.2) is 13.4 Å². The molecule has 3 aromatic rings. The summed E-state index contributed by atoms with van der Waals surface area (Å²) in [6.45, 7) is 0. The van der Waals surface area contributed by atoms with Crippen LogP contribution in [0.1, 0.15) is 0 Å². The lowest BCUT2D eigenvalue weighted by molar-refractivity contribution is 0.583. The maximum atomic E-state index is 13.6. The van der Waals surface area contributed by atoms with Gasteiger partial charge in [-0.15, -0.1) is 0 Å². The van der Waals surface area contributed by atoms with Crippen molar-refractivity contribution in [2.24, 2.45) is 0 Å². The molecule has 0 atom stereocenters. The van der Waals surface area contributed by atoms with E-state index in [9.17, 15) is 17.2 Å². The van der Waals surface area contributed by atoms with Gasteiger partial charge in [0.1, 0.15) is 11.6 Å². The van der Waals surface area contributed by atoms with Gasteiger partial charge in [0.05, 0.1) is 10.6 Å². The number of aromatic nitrogens is 1. The zero-order valence-corrected chi connectivity index (χ0v) is 13.1. The number of anilines is 1. The summed E-state index contributed by atoms with van der Waals surface area (Å²) in [5.41, 5.74) is 1.33. The predicted octanol–water partition coefficient (Wildman–Crippen LogP) is 3.83. The van der Waals surface area contributed by atoms with Gasteiger partial charge in [-0.1, -0.05) is 18.2 Å². The van der Waals surface area contributed by atoms with E-state index in [1.165, 1.54) is 12.1 Å². The van der Waals surface area contributed by atoms with Crippen molar-refractivity contribution in [1.29, 1.82) is 0 Å². The monoisotopic (exact) mass is 346 g/mol. The van der Waals surface area contributed by atoms with Crippen LogP contribution in [0.15, 0.2) is 71.9 Å². The molecule has 7 heteroatoms. The molecule has 1 aromatic heterocycles. The molecule has 0 aliphatic heterocycles. The fourth-order valence-electron chi connectivity index (χ4n) is 2.14. The van der Waals surface area contributed by atoms with Crippen LogP contribution in [0.2, 0.25) is 0 Å². The van der Waals surface area contributed by atoms with Crippen molar-refractivity contribution in [3.05, 3.63) is 78.6 Å². The highest BCUT2D eigenvalue weighted by Crippen LogP contribution is 2.23. The predicted molar refractivity (Wildman–Crippen MR) is 86.8 cm³/mol. The SMILES string of the molecule is O=S(=O)(Nc1ccc(F)cc1F)c1ccc(-c2cccnc2)cc1. The molecule has 3 rings (SSSR count). The molecule has 4 nitrogen and oxygen atoms in total. The number of sulfonamides is 1. The summed E-state index contributed by atoms with van der Waals surface area (Å²) >= 11 is 0. The van der Waals surface area contributed by atoms with Crippen molar-refractivity contribution in [3.8, 4) is 11.1 Å². The van der Waals surface area contributed by atoms with E-state index in [2.05, 4.69) is 9.71 Å². The molecule has 0 bridgehead atoms. The van der Waals surface area contributed by atoms with Crippen LogP contribution in [0.25, 0.3) is 11.1 Å². The van der Waals surface area contributed by atoms with Crippen LogP contribution < -0.4 is 4.72 Å². The van der Waals surface area contributed by atoms with E-state index in [0.29, 0.717) is 6.07 Å². The number of hydrogen-bond acceptors (Lipinski definition) is 3. The molecule has 0 radical (unpaired) electrons. The van der Waals surface area contributed by atoms with Crippen LogP contribution in [0.3, 0.4) is 0 Å². The Kier molecular flexibility index (Phi) is 4.26. The van der Waals surface area contributed by atoms with Gasteiger partial charge >= 0.3 is 0 Å². The first-order valence-electron chi connectivity index (χ1n) is 6.94. The lowest BCUT2D eigenvalue weighted by Crippen LogP contribution is -2.14. The van der Waals surface area contributed by atoms with Gasteiger partial charge in [-0.3, -0.25) is 9.71 Å². The summed E-state index contributed by atoms with van der Waals surface area (Å²) in [6.07, 6.45) is 3.30. The van der Waals surface area contributed by atoms with E-state index in [-0.39, 0.29) is 10.6 Å². The zero-order valence-electron chi connectivity index (χ0n) is 12.3. The third-order valence-corrected chi connectivity index (χ3v) is 4.72. The molecular formula is C17H12F2N2O2S. The van der Waals surface area contributed by atoms with Gasteiger partial charge in [-0.05, 0) is 41.5 Å². The highest BCUT2D eigenvalue weighted by molar-refractivity contribution is 7.92. The van der Waals surface area contributed by atoms with E-state index >= 15 is 0 Å². The average Bonchev–Trinajstić information content (AvgIpc) is 2.58. The number of rotatable bonds is 4. The molecule has 24 heavy (non-hydrogen) atoms. The maximum Gasteiger partial charge on any atom is 0.261 e. The number of hydrogen-bond donors (Lipinski definition) is 1. The Morgan fingerprint density at radius 2 is 1.67 bits per heavy atom. The van der Waals surface area contributed by atoms with E-state index < -0.39 is 21.7 Å². The standard InChI is InChI=1S/C17H12F2N2O2S/c18-14-5-8-17(16(19)10-14)21-24(22,23)15-6-3-12(4-7-15)13-2-1-9-20-11-13/h1-11,21H. The summed E-state index contributed by atoms with van der Waals surface area (Å²) in [6, 6.07) is 12.3. The minimum absolute atomic E-state index is 0.0288. The fourth-order valence-corrected chi connectivity index (χ4v) is 3.20. The lowest BCUT2D eigenvalue weighted by Gasteiger charge is -2.09. The molecule has 0 spiro atoms. The Hall–Kier alpha value is -2.80. The summed E-state index contributed by atoms with van der Waals surface area (Å²) in [5.74, 6) is -1.76. The molecule has 122 valence electrons. The van der Waals surface area contributed by atoms with E-state index in [1.807, 2.05) is 6.07 Å². The van der Waals surface area contributed by atoms with Gasteiger partial charge in [-0.2, -0.15) is 0 Å². The number of nitrogens with zero attached hydrogens (tertiary/aromatic N) is 1. The van der Waals surface area contributed by atoms with Crippen molar-refractivity contribution < 1.29 is 17.2 Å². The summed E-state index contributed by atoms with van der Waals surface area (Å²) in [5, 5.41) is 0. The molecule has 1 heterocycles. The smallest absolute Gasteiger partial charge is 0.261 e. The second kappa shape index (κ2) is 6.37. The Morgan fingerprint density at radius 3 is 2.29 bits per heavy atom. The molecule has 0 amide bonds. The Morgan fingerprint density at radius 1 is 0.917 bits per heavy atom. The van der Waals surface area contributed by atoms with Gasteiger partial charge in [0.15, 0.2) is 0 Å². The topological polar surface area (TPSA) is 59.1 Å². The first-order valence-corrected chi connectivity index (χ1v) is 8.42. The third kappa shape index (κ3) is 3.41. The first-order chi connectivity index (χ1) is 11.5. The van der Waals surface area contributed by atoms with Crippen molar-refractivity contribution >= 4 is 15.7 Å². The van der Waals surface area contributed by atoms with Gasteiger partial charge < -0.3 is 0 Å². The molecule has 0 aliphatic carbocycles. The number of pyridine rings is 1.